The molecule has 4 nitrogen and oxygen atoms in total. The van der Waals surface area contributed by atoms with Gasteiger partial charge in [-0.3, -0.25) is 0 Å². The summed E-state index contributed by atoms with van der Waals surface area (Å²) in [5.74, 6) is 0.648. The molecule has 1 aromatic rings. The van der Waals surface area contributed by atoms with Gasteiger partial charge in [0, 0.05) is 13.1 Å². The Balaban J connectivity index is 2.62. The summed E-state index contributed by atoms with van der Waals surface area (Å²) < 4.78 is 5.27. The molecule has 1 atom stereocenters. The molecular formula is C11H20N2O2. The van der Waals surface area contributed by atoms with E-state index in [0.29, 0.717) is 23.7 Å². The maximum atomic E-state index is 8.88. The van der Waals surface area contributed by atoms with E-state index in [2.05, 4.69) is 25.8 Å². The fraction of sp³-hybridized carbons (Fsp3) is 0.727. The van der Waals surface area contributed by atoms with Crippen LogP contribution < -0.4 is 4.90 Å². The van der Waals surface area contributed by atoms with E-state index in [0.717, 1.165) is 6.42 Å². The van der Waals surface area contributed by atoms with Crippen LogP contribution in [0.15, 0.2) is 10.7 Å². The number of aliphatic hydroxyl groups excluding tert-OH is 1. The maximum absolute atomic E-state index is 8.88. The van der Waals surface area contributed by atoms with Gasteiger partial charge in [-0.1, -0.05) is 13.8 Å². The lowest BCUT2D eigenvalue weighted by Crippen LogP contribution is -2.30. The fourth-order valence-electron chi connectivity index (χ4n) is 1.56. The van der Waals surface area contributed by atoms with Crippen LogP contribution in [0.4, 0.5) is 6.01 Å². The number of rotatable bonds is 5. The standard InChI is InChI=1S/C11H20N2O2/c1-8(2)5-9(3)13(4)11-12-10(6-14)7-15-11/h7-9,14H,5-6H2,1-4H3. The van der Waals surface area contributed by atoms with Crippen LogP contribution in [0.3, 0.4) is 0 Å². The van der Waals surface area contributed by atoms with Crippen molar-refractivity contribution in [2.24, 2.45) is 5.92 Å². The molecule has 0 bridgehead atoms. The van der Waals surface area contributed by atoms with Crippen molar-refractivity contribution >= 4 is 6.01 Å². The van der Waals surface area contributed by atoms with Crippen LogP contribution in [0.5, 0.6) is 0 Å². The quantitative estimate of drug-likeness (QED) is 0.811. The van der Waals surface area contributed by atoms with Gasteiger partial charge < -0.3 is 14.4 Å². The van der Waals surface area contributed by atoms with E-state index >= 15 is 0 Å². The number of anilines is 1. The van der Waals surface area contributed by atoms with Gasteiger partial charge in [0.25, 0.3) is 6.01 Å². The highest BCUT2D eigenvalue weighted by Gasteiger charge is 2.15. The third kappa shape index (κ3) is 3.23. The van der Waals surface area contributed by atoms with E-state index in [1.54, 1.807) is 0 Å². The van der Waals surface area contributed by atoms with E-state index in [-0.39, 0.29) is 6.61 Å². The maximum Gasteiger partial charge on any atom is 0.297 e. The first-order valence-corrected chi connectivity index (χ1v) is 5.32. The number of oxazole rings is 1. The first-order valence-electron chi connectivity index (χ1n) is 5.32. The van der Waals surface area contributed by atoms with Gasteiger partial charge in [0.1, 0.15) is 12.0 Å². The highest BCUT2D eigenvalue weighted by Crippen LogP contribution is 2.18. The molecule has 1 rings (SSSR count). The molecule has 0 fully saturated rings. The predicted molar refractivity (Wildman–Crippen MR) is 59.7 cm³/mol. The van der Waals surface area contributed by atoms with Crippen molar-refractivity contribution in [1.29, 1.82) is 0 Å². The number of hydrogen-bond donors (Lipinski definition) is 1. The molecule has 0 saturated carbocycles. The molecule has 0 aliphatic rings. The molecule has 0 saturated heterocycles. The van der Waals surface area contributed by atoms with Crippen molar-refractivity contribution in [2.75, 3.05) is 11.9 Å². The molecule has 1 unspecified atom stereocenters. The van der Waals surface area contributed by atoms with Crippen molar-refractivity contribution in [3.05, 3.63) is 12.0 Å². The molecular weight excluding hydrogens is 192 g/mol. The summed E-state index contributed by atoms with van der Waals surface area (Å²) in [5.41, 5.74) is 0.577. The Labute approximate surface area is 90.9 Å². The van der Waals surface area contributed by atoms with E-state index in [4.69, 9.17) is 9.52 Å². The van der Waals surface area contributed by atoms with Crippen LogP contribution in [-0.2, 0) is 6.61 Å². The largest absolute Gasteiger partial charge is 0.432 e. The molecule has 1 N–H and O–H groups in total. The van der Waals surface area contributed by atoms with Crippen LogP contribution in [0.2, 0.25) is 0 Å². The van der Waals surface area contributed by atoms with Crippen LogP contribution in [-0.4, -0.2) is 23.2 Å². The molecule has 0 aliphatic heterocycles. The highest BCUT2D eigenvalue weighted by atomic mass is 16.4. The van der Waals surface area contributed by atoms with Crippen molar-refractivity contribution in [1.82, 2.24) is 4.98 Å². The fourth-order valence-corrected chi connectivity index (χ4v) is 1.56. The zero-order valence-corrected chi connectivity index (χ0v) is 9.90. The normalized spacial score (nSPS) is 13.2. The van der Waals surface area contributed by atoms with Crippen molar-refractivity contribution in [2.45, 2.75) is 39.8 Å². The SMILES string of the molecule is CC(C)CC(C)N(C)c1nc(CO)co1. The van der Waals surface area contributed by atoms with Gasteiger partial charge in [0.05, 0.1) is 6.61 Å². The van der Waals surface area contributed by atoms with Gasteiger partial charge >= 0.3 is 0 Å². The molecule has 4 heteroatoms. The zero-order chi connectivity index (χ0) is 11.4. The molecule has 86 valence electrons. The van der Waals surface area contributed by atoms with Gasteiger partial charge in [0.2, 0.25) is 0 Å². The number of aliphatic hydroxyl groups is 1. The average molecular weight is 212 g/mol. The second-order valence-electron chi connectivity index (χ2n) is 4.37. The summed E-state index contributed by atoms with van der Waals surface area (Å²) in [6.45, 7) is 6.46. The van der Waals surface area contributed by atoms with Crippen molar-refractivity contribution < 1.29 is 9.52 Å². The average Bonchev–Trinajstić information content (AvgIpc) is 2.63. The third-order valence-corrected chi connectivity index (χ3v) is 2.48. The zero-order valence-electron chi connectivity index (χ0n) is 9.90. The van der Waals surface area contributed by atoms with Gasteiger partial charge in [-0.05, 0) is 19.3 Å². The molecule has 0 aromatic carbocycles. The number of hydrogen-bond acceptors (Lipinski definition) is 4. The second kappa shape index (κ2) is 5.16. The summed E-state index contributed by atoms with van der Waals surface area (Å²) in [5, 5.41) is 8.88. The summed E-state index contributed by atoms with van der Waals surface area (Å²) in [6.07, 6.45) is 2.58. The minimum Gasteiger partial charge on any atom is -0.432 e. The van der Waals surface area contributed by atoms with E-state index in [1.807, 2.05) is 11.9 Å². The summed E-state index contributed by atoms with van der Waals surface area (Å²) in [4.78, 5) is 6.17. The summed E-state index contributed by atoms with van der Waals surface area (Å²) in [7, 11) is 1.96. The molecule has 15 heavy (non-hydrogen) atoms. The lowest BCUT2D eigenvalue weighted by atomic mass is 10.0. The molecule has 0 radical (unpaired) electrons. The minimum atomic E-state index is -0.0735. The first-order chi connectivity index (χ1) is 7.04. The molecule has 1 aromatic heterocycles. The second-order valence-corrected chi connectivity index (χ2v) is 4.37. The topological polar surface area (TPSA) is 49.5 Å². The third-order valence-electron chi connectivity index (χ3n) is 2.48. The Bertz CT molecular complexity index is 297. The Morgan fingerprint density at radius 1 is 1.47 bits per heavy atom. The highest BCUT2D eigenvalue weighted by molar-refractivity contribution is 5.26. The van der Waals surface area contributed by atoms with Crippen LogP contribution in [0, 0.1) is 5.92 Å². The van der Waals surface area contributed by atoms with Gasteiger partial charge in [-0.15, -0.1) is 0 Å². The Hall–Kier alpha value is -1.03. The van der Waals surface area contributed by atoms with E-state index in [9.17, 15) is 0 Å². The first kappa shape index (κ1) is 12.0. The van der Waals surface area contributed by atoms with Crippen molar-refractivity contribution in [3.63, 3.8) is 0 Å². The molecule has 0 amide bonds. The van der Waals surface area contributed by atoms with Gasteiger partial charge in [-0.2, -0.15) is 4.98 Å². The van der Waals surface area contributed by atoms with Crippen LogP contribution in [0.1, 0.15) is 32.9 Å². The Kier molecular flexibility index (Phi) is 4.15. The summed E-state index contributed by atoms with van der Waals surface area (Å²) >= 11 is 0. The molecule has 0 spiro atoms. The lowest BCUT2D eigenvalue weighted by Gasteiger charge is -2.24. The lowest BCUT2D eigenvalue weighted by molar-refractivity contribution is 0.276. The Morgan fingerprint density at radius 3 is 2.60 bits per heavy atom. The smallest absolute Gasteiger partial charge is 0.297 e. The van der Waals surface area contributed by atoms with Crippen LogP contribution in [0.25, 0.3) is 0 Å². The Morgan fingerprint density at radius 2 is 2.13 bits per heavy atom. The summed E-state index contributed by atoms with van der Waals surface area (Å²) in [6, 6.07) is 0.961. The van der Waals surface area contributed by atoms with E-state index in [1.165, 1.54) is 6.26 Å². The van der Waals surface area contributed by atoms with Crippen molar-refractivity contribution in [3.8, 4) is 0 Å². The van der Waals surface area contributed by atoms with E-state index < -0.39 is 0 Å². The predicted octanol–water partition coefficient (Wildman–Crippen LogP) is 2.04. The number of nitrogens with zero attached hydrogens (tertiary/aromatic N) is 2. The van der Waals surface area contributed by atoms with Crippen LogP contribution >= 0.6 is 0 Å². The molecule has 1 heterocycles. The number of aromatic nitrogens is 1. The van der Waals surface area contributed by atoms with Gasteiger partial charge in [-0.25, -0.2) is 0 Å². The monoisotopic (exact) mass is 212 g/mol. The van der Waals surface area contributed by atoms with Gasteiger partial charge in [0.15, 0.2) is 0 Å². The molecule has 0 aliphatic carbocycles. The minimum absolute atomic E-state index is 0.0735.